The molecule has 0 spiro atoms. The zero-order chi connectivity index (χ0) is 19.6. The van der Waals surface area contributed by atoms with Gasteiger partial charge in [-0.15, -0.1) is 0 Å². The fraction of sp³-hybridized carbons (Fsp3) is 0.619. The summed E-state index contributed by atoms with van der Waals surface area (Å²) in [4.78, 5) is 28.2. The third-order valence-electron chi connectivity index (χ3n) is 6.36. The Balaban J connectivity index is 1.48. The van der Waals surface area contributed by atoms with Gasteiger partial charge in [-0.2, -0.15) is 0 Å². The lowest BCUT2D eigenvalue weighted by Gasteiger charge is -2.48. The maximum Gasteiger partial charge on any atom is 0.278 e. The first-order chi connectivity index (χ1) is 13.5. The molecule has 2 fully saturated rings. The van der Waals surface area contributed by atoms with Crippen LogP contribution < -0.4 is 15.4 Å². The summed E-state index contributed by atoms with van der Waals surface area (Å²) in [6.07, 6.45) is 5.67. The number of para-hydroxylation sites is 2. The molecule has 4 rings (SSSR count). The van der Waals surface area contributed by atoms with Crippen LogP contribution in [-0.2, 0) is 14.3 Å². The zero-order valence-electron chi connectivity index (χ0n) is 16.5. The van der Waals surface area contributed by atoms with Crippen molar-refractivity contribution >= 4 is 17.5 Å². The van der Waals surface area contributed by atoms with Gasteiger partial charge in [-0.25, -0.2) is 0 Å². The normalized spacial score (nSPS) is 27.2. The molecule has 2 amide bonds. The minimum Gasteiger partial charge on any atom is -0.466 e. The van der Waals surface area contributed by atoms with Crippen LogP contribution in [0.3, 0.4) is 0 Å². The molecule has 1 aromatic rings. The smallest absolute Gasteiger partial charge is 0.278 e. The number of amides is 2. The summed E-state index contributed by atoms with van der Waals surface area (Å²) in [5.74, 6) is -0.314. The zero-order valence-corrected chi connectivity index (χ0v) is 16.5. The first-order valence-corrected chi connectivity index (χ1v) is 10.2. The lowest BCUT2D eigenvalue weighted by Crippen LogP contribution is -2.64. The van der Waals surface area contributed by atoms with E-state index in [9.17, 15) is 9.59 Å². The van der Waals surface area contributed by atoms with Crippen LogP contribution in [0.4, 0.5) is 5.69 Å². The van der Waals surface area contributed by atoms with Gasteiger partial charge < -0.3 is 20.1 Å². The second-order valence-electron chi connectivity index (χ2n) is 8.15. The fourth-order valence-electron chi connectivity index (χ4n) is 4.58. The van der Waals surface area contributed by atoms with Crippen LogP contribution in [0.25, 0.3) is 0 Å². The SMILES string of the molecule is CC1(C(=O)NCC2(N3CCOCC3)CCCCC2)Oc2ccccc2NC1=O. The predicted molar refractivity (Wildman–Crippen MR) is 105 cm³/mol. The van der Waals surface area contributed by atoms with Crippen LogP contribution in [0.5, 0.6) is 5.75 Å². The molecule has 2 heterocycles. The van der Waals surface area contributed by atoms with Gasteiger partial charge >= 0.3 is 0 Å². The Morgan fingerprint density at radius 3 is 2.64 bits per heavy atom. The third kappa shape index (κ3) is 3.49. The number of benzene rings is 1. The summed E-state index contributed by atoms with van der Waals surface area (Å²) in [6.45, 7) is 5.30. The van der Waals surface area contributed by atoms with E-state index < -0.39 is 17.4 Å². The number of fused-ring (bicyclic) bond motifs is 1. The Bertz CT molecular complexity index is 741. The number of nitrogens with one attached hydrogen (secondary N) is 2. The fourth-order valence-corrected chi connectivity index (χ4v) is 4.58. The number of morpholine rings is 1. The van der Waals surface area contributed by atoms with E-state index in [0.717, 1.165) is 52.0 Å². The van der Waals surface area contributed by atoms with Gasteiger partial charge in [0.05, 0.1) is 18.9 Å². The van der Waals surface area contributed by atoms with Crippen molar-refractivity contribution in [3.05, 3.63) is 24.3 Å². The van der Waals surface area contributed by atoms with Crippen molar-refractivity contribution in [3.63, 3.8) is 0 Å². The molecule has 0 radical (unpaired) electrons. The molecule has 1 atom stereocenters. The number of anilines is 1. The largest absolute Gasteiger partial charge is 0.466 e. The second kappa shape index (κ2) is 7.72. The number of hydrogen-bond acceptors (Lipinski definition) is 5. The Kier molecular flexibility index (Phi) is 5.29. The van der Waals surface area contributed by atoms with Crippen LogP contribution in [0, 0.1) is 0 Å². The van der Waals surface area contributed by atoms with Crippen molar-refractivity contribution in [2.45, 2.75) is 50.2 Å². The maximum atomic E-state index is 13.1. The molecule has 0 bridgehead atoms. The topological polar surface area (TPSA) is 79.9 Å². The molecule has 1 saturated carbocycles. The summed E-state index contributed by atoms with van der Waals surface area (Å²) in [5, 5.41) is 5.85. The van der Waals surface area contributed by atoms with E-state index in [-0.39, 0.29) is 5.54 Å². The van der Waals surface area contributed by atoms with E-state index in [1.165, 1.54) is 13.3 Å². The van der Waals surface area contributed by atoms with Crippen LogP contribution in [0.15, 0.2) is 24.3 Å². The van der Waals surface area contributed by atoms with Crippen molar-refractivity contribution in [1.82, 2.24) is 10.2 Å². The summed E-state index contributed by atoms with van der Waals surface area (Å²) in [6, 6.07) is 7.17. The van der Waals surface area contributed by atoms with Crippen molar-refractivity contribution in [3.8, 4) is 5.75 Å². The summed E-state index contributed by atoms with van der Waals surface area (Å²) >= 11 is 0. The quantitative estimate of drug-likeness (QED) is 0.772. The molecular formula is C21H29N3O4. The Morgan fingerprint density at radius 2 is 1.89 bits per heavy atom. The molecule has 152 valence electrons. The number of ether oxygens (including phenoxy) is 2. The van der Waals surface area contributed by atoms with Crippen LogP contribution in [0.1, 0.15) is 39.0 Å². The predicted octanol–water partition coefficient (Wildman–Crippen LogP) is 1.93. The highest BCUT2D eigenvalue weighted by Crippen LogP contribution is 2.35. The molecule has 1 unspecified atom stereocenters. The highest BCUT2D eigenvalue weighted by molar-refractivity contribution is 6.15. The van der Waals surface area contributed by atoms with Gasteiger partial charge in [-0.05, 0) is 31.9 Å². The molecule has 7 heteroatoms. The molecule has 28 heavy (non-hydrogen) atoms. The Hall–Kier alpha value is -2.12. The molecule has 1 aromatic carbocycles. The molecule has 1 aliphatic carbocycles. The Labute approximate surface area is 165 Å². The highest BCUT2D eigenvalue weighted by Gasteiger charge is 2.48. The summed E-state index contributed by atoms with van der Waals surface area (Å²) < 4.78 is 11.4. The molecule has 1 saturated heterocycles. The van der Waals surface area contributed by atoms with E-state index in [1.807, 2.05) is 12.1 Å². The lowest BCUT2D eigenvalue weighted by atomic mass is 9.79. The van der Waals surface area contributed by atoms with E-state index >= 15 is 0 Å². The van der Waals surface area contributed by atoms with Crippen molar-refractivity contribution in [2.24, 2.45) is 0 Å². The number of nitrogens with zero attached hydrogens (tertiary/aromatic N) is 1. The molecule has 7 nitrogen and oxygen atoms in total. The number of carbonyl (C=O) groups is 2. The van der Waals surface area contributed by atoms with Crippen molar-refractivity contribution < 1.29 is 19.1 Å². The van der Waals surface area contributed by atoms with Crippen LogP contribution >= 0.6 is 0 Å². The molecular weight excluding hydrogens is 358 g/mol. The number of hydrogen-bond donors (Lipinski definition) is 2. The molecule has 3 aliphatic rings. The molecule has 2 N–H and O–H groups in total. The van der Waals surface area contributed by atoms with E-state index in [2.05, 4.69) is 15.5 Å². The monoisotopic (exact) mass is 387 g/mol. The summed E-state index contributed by atoms with van der Waals surface area (Å²) in [7, 11) is 0. The second-order valence-corrected chi connectivity index (χ2v) is 8.15. The average molecular weight is 387 g/mol. The van der Waals surface area contributed by atoms with Crippen LogP contribution in [0.2, 0.25) is 0 Å². The average Bonchev–Trinajstić information content (AvgIpc) is 2.74. The van der Waals surface area contributed by atoms with Crippen molar-refractivity contribution in [2.75, 3.05) is 38.2 Å². The van der Waals surface area contributed by atoms with Gasteiger partial charge in [0.1, 0.15) is 5.75 Å². The first-order valence-electron chi connectivity index (χ1n) is 10.2. The minimum atomic E-state index is -1.57. The van der Waals surface area contributed by atoms with Gasteiger partial charge in [-0.1, -0.05) is 31.4 Å². The van der Waals surface area contributed by atoms with Gasteiger partial charge in [0.25, 0.3) is 17.4 Å². The third-order valence-corrected chi connectivity index (χ3v) is 6.36. The van der Waals surface area contributed by atoms with Gasteiger partial charge in [0, 0.05) is 25.2 Å². The molecule has 0 aromatic heterocycles. The van der Waals surface area contributed by atoms with Crippen LogP contribution in [-0.4, -0.2) is 60.7 Å². The number of carbonyl (C=O) groups excluding carboxylic acids is 2. The van der Waals surface area contributed by atoms with E-state index in [4.69, 9.17) is 9.47 Å². The van der Waals surface area contributed by atoms with E-state index in [0.29, 0.717) is 18.0 Å². The summed E-state index contributed by atoms with van der Waals surface area (Å²) in [5.41, 5.74) is -1.04. The first kappa shape index (κ1) is 19.2. The lowest BCUT2D eigenvalue weighted by molar-refractivity contribution is -0.147. The van der Waals surface area contributed by atoms with Gasteiger partial charge in [0.2, 0.25) is 0 Å². The maximum absolute atomic E-state index is 13.1. The van der Waals surface area contributed by atoms with Crippen molar-refractivity contribution in [1.29, 1.82) is 0 Å². The standard InChI is InChI=1S/C21H29N3O4/c1-20(19(26)23-16-7-3-4-8-17(16)28-20)18(25)22-15-21(9-5-2-6-10-21)24-11-13-27-14-12-24/h3-4,7-8H,2,5-6,9-15H2,1H3,(H,22,25)(H,23,26). The van der Waals surface area contributed by atoms with Gasteiger partial charge in [-0.3, -0.25) is 14.5 Å². The highest BCUT2D eigenvalue weighted by atomic mass is 16.5. The van der Waals surface area contributed by atoms with E-state index in [1.54, 1.807) is 12.1 Å². The molecule has 2 aliphatic heterocycles. The van der Waals surface area contributed by atoms with Gasteiger partial charge in [0.15, 0.2) is 0 Å². The minimum absolute atomic E-state index is 0.0584. The number of rotatable bonds is 4. The Morgan fingerprint density at radius 1 is 1.18 bits per heavy atom.